The lowest BCUT2D eigenvalue weighted by atomic mass is 10.2. The van der Waals surface area contributed by atoms with E-state index in [0.717, 1.165) is 18.5 Å². The number of halogens is 3. The lowest BCUT2D eigenvalue weighted by Crippen LogP contribution is -2.13. The van der Waals surface area contributed by atoms with Gasteiger partial charge in [-0.2, -0.15) is 13.2 Å². The molecule has 0 fully saturated rings. The molecule has 0 aliphatic rings. The fraction of sp³-hybridized carbons (Fsp3) is 0.444. The van der Waals surface area contributed by atoms with Crippen molar-refractivity contribution in [2.75, 3.05) is 0 Å². The largest absolute Gasteiger partial charge is 0.489 e. The first-order chi connectivity index (χ1) is 6.41. The van der Waals surface area contributed by atoms with E-state index in [1.165, 1.54) is 0 Å². The number of nitrogens with zero attached hydrogens (tertiary/aromatic N) is 1. The molecule has 0 unspecified atom stereocenters. The summed E-state index contributed by atoms with van der Waals surface area (Å²) in [7, 11) is 0. The van der Waals surface area contributed by atoms with Gasteiger partial charge in [0.25, 0.3) is 0 Å². The van der Waals surface area contributed by atoms with Gasteiger partial charge < -0.3 is 4.74 Å². The van der Waals surface area contributed by atoms with Crippen molar-refractivity contribution in [1.82, 2.24) is 4.98 Å². The molecule has 0 atom stereocenters. The smallest absolute Gasteiger partial charge is 0.420 e. The Balaban J connectivity index is 3.04. The van der Waals surface area contributed by atoms with Gasteiger partial charge in [-0.25, -0.2) is 0 Å². The zero-order valence-corrected chi connectivity index (χ0v) is 7.80. The summed E-state index contributed by atoms with van der Waals surface area (Å²) in [6.07, 6.45) is -2.54. The molecule has 5 heteroatoms. The molecule has 0 amide bonds. The van der Waals surface area contributed by atoms with Crippen LogP contribution in [-0.4, -0.2) is 11.1 Å². The van der Waals surface area contributed by atoms with Gasteiger partial charge in [-0.15, -0.1) is 0 Å². The Bertz CT molecular complexity index is 309. The zero-order valence-electron chi connectivity index (χ0n) is 7.80. The van der Waals surface area contributed by atoms with E-state index in [4.69, 9.17) is 4.74 Å². The first-order valence-electron chi connectivity index (χ1n) is 4.09. The van der Waals surface area contributed by atoms with Crippen LogP contribution in [0.1, 0.15) is 19.4 Å². The van der Waals surface area contributed by atoms with Crippen molar-refractivity contribution in [3.05, 3.63) is 24.0 Å². The van der Waals surface area contributed by atoms with Crippen LogP contribution in [0.15, 0.2) is 18.5 Å². The molecule has 0 spiro atoms. The molecule has 1 aromatic rings. The highest BCUT2D eigenvalue weighted by Crippen LogP contribution is 2.35. The van der Waals surface area contributed by atoms with Crippen molar-refractivity contribution in [3.8, 4) is 5.75 Å². The fourth-order valence-corrected chi connectivity index (χ4v) is 0.962. The van der Waals surface area contributed by atoms with Crippen LogP contribution in [-0.2, 0) is 6.18 Å². The third-order valence-electron chi connectivity index (χ3n) is 1.45. The standard InChI is InChI=1S/C9H10F3NO/c1-6(2)14-8-5-13-4-3-7(8)9(10,11)12/h3-6H,1-2H3. The van der Waals surface area contributed by atoms with Crippen molar-refractivity contribution in [1.29, 1.82) is 0 Å². The number of rotatable bonds is 2. The maximum atomic E-state index is 12.4. The van der Waals surface area contributed by atoms with Crippen LogP contribution >= 0.6 is 0 Å². The van der Waals surface area contributed by atoms with E-state index < -0.39 is 11.7 Å². The highest BCUT2D eigenvalue weighted by Gasteiger charge is 2.34. The van der Waals surface area contributed by atoms with Crippen molar-refractivity contribution >= 4 is 0 Å². The van der Waals surface area contributed by atoms with E-state index in [-0.39, 0.29) is 11.9 Å². The highest BCUT2D eigenvalue weighted by molar-refractivity contribution is 5.32. The molecule has 1 heterocycles. The minimum atomic E-state index is -4.40. The molecule has 0 N–H and O–H groups in total. The van der Waals surface area contributed by atoms with Gasteiger partial charge in [-0.1, -0.05) is 0 Å². The molecular weight excluding hydrogens is 195 g/mol. The molecule has 14 heavy (non-hydrogen) atoms. The Kier molecular flexibility index (Phi) is 2.98. The Morgan fingerprint density at radius 3 is 2.50 bits per heavy atom. The second-order valence-corrected chi connectivity index (χ2v) is 3.04. The van der Waals surface area contributed by atoms with E-state index >= 15 is 0 Å². The van der Waals surface area contributed by atoms with Gasteiger partial charge in [-0.05, 0) is 19.9 Å². The van der Waals surface area contributed by atoms with Crippen molar-refractivity contribution in [3.63, 3.8) is 0 Å². The number of hydrogen-bond acceptors (Lipinski definition) is 2. The molecule has 0 aliphatic heterocycles. The van der Waals surface area contributed by atoms with Crippen LogP contribution in [0.4, 0.5) is 13.2 Å². The lowest BCUT2D eigenvalue weighted by Gasteiger charge is -2.14. The summed E-state index contributed by atoms with van der Waals surface area (Å²) in [6.45, 7) is 3.32. The van der Waals surface area contributed by atoms with E-state index in [9.17, 15) is 13.2 Å². The van der Waals surface area contributed by atoms with Gasteiger partial charge in [-0.3, -0.25) is 4.98 Å². The minimum absolute atomic E-state index is 0.227. The van der Waals surface area contributed by atoms with Crippen molar-refractivity contribution in [2.24, 2.45) is 0 Å². The normalized spacial score (nSPS) is 11.9. The van der Waals surface area contributed by atoms with Crippen molar-refractivity contribution < 1.29 is 17.9 Å². The molecule has 0 saturated heterocycles. The van der Waals surface area contributed by atoms with Crippen LogP contribution in [0.3, 0.4) is 0 Å². The average molecular weight is 205 g/mol. The van der Waals surface area contributed by atoms with E-state index in [1.54, 1.807) is 13.8 Å². The summed E-state index contributed by atoms with van der Waals surface area (Å²) in [5.74, 6) is -0.227. The first-order valence-corrected chi connectivity index (χ1v) is 4.09. The quantitative estimate of drug-likeness (QED) is 0.740. The van der Waals surface area contributed by atoms with Crippen LogP contribution in [0, 0.1) is 0 Å². The Labute approximate surface area is 79.7 Å². The third kappa shape index (κ3) is 2.61. The van der Waals surface area contributed by atoms with E-state index in [1.807, 2.05) is 0 Å². The topological polar surface area (TPSA) is 22.1 Å². The summed E-state index contributed by atoms with van der Waals surface area (Å²) < 4.78 is 42.2. The molecular formula is C9H10F3NO. The number of pyridine rings is 1. The fourth-order valence-electron chi connectivity index (χ4n) is 0.962. The number of hydrogen-bond donors (Lipinski definition) is 0. The summed E-state index contributed by atoms with van der Waals surface area (Å²) in [5.41, 5.74) is -0.791. The predicted octanol–water partition coefficient (Wildman–Crippen LogP) is 2.89. The van der Waals surface area contributed by atoms with Gasteiger partial charge in [0.1, 0.15) is 11.3 Å². The predicted molar refractivity (Wildman–Crippen MR) is 45.0 cm³/mol. The summed E-state index contributed by atoms with van der Waals surface area (Å²) in [6, 6.07) is 0.901. The number of aromatic nitrogens is 1. The van der Waals surface area contributed by atoms with Gasteiger partial charge in [0, 0.05) is 6.20 Å². The number of alkyl halides is 3. The van der Waals surface area contributed by atoms with Crippen LogP contribution < -0.4 is 4.74 Å². The molecule has 0 radical (unpaired) electrons. The Hall–Kier alpha value is -1.26. The van der Waals surface area contributed by atoms with Crippen LogP contribution in [0.2, 0.25) is 0 Å². The average Bonchev–Trinajstić information content (AvgIpc) is 2.01. The molecule has 0 aliphatic carbocycles. The molecule has 2 nitrogen and oxygen atoms in total. The molecule has 0 bridgehead atoms. The third-order valence-corrected chi connectivity index (χ3v) is 1.45. The monoisotopic (exact) mass is 205 g/mol. The molecule has 0 saturated carbocycles. The summed E-state index contributed by atoms with van der Waals surface area (Å²) >= 11 is 0. The maximum absolute atomic E-state index is 12.4. The van der Waals surface area contributed by atoms with Gasteiger partial charge in [0.2, 0.25) is 0 Å². The molecule has 1 aromatic heterocycles. The van der Waals surface area contributed by atoms with E-state index in [2.05, 4.69) is 4.98 Å². The summed E-state index contributed by atoms with van der Waals surface area (Å²) in [4.78, 5) is 3.59. The first kappa shape index (κ1) is 10.8. The zero-order chi connectivity index (χ0) is 10.8. The second-order valence-electron chi connectivity index (χ2n) is 3.04. The molecule has 78 valence electrons. The highest BCUT2D eigenvalue weighted by atomic mass is 19.4. The summed E-state index contributed by atoms with van der Waals surface area (Å²) in [5, 5.41) is 0. The number of ether oxygens (including phenoxy) is 1. The van der Waals surface area contributed by atoms with E-state index in [0.29, 0.717) is 0 Å². The molecule has 0 aromatic carbocycles. The van der Waals surface area contributed by atoms with Gasteiger partial charge in [0.05, 0.1) is 12.3 Å². The SMILES string of the molecule is CC(C)Oc1cnccc1C(F)(F)F. The maximum Gasteiger partial charge on any atom is 0.420 e. The van der Waals surface area contributed by atoms with Crippen molar-refractivity contribution in [2.45, 2.75) is 26.1 Å². The Morgan fingerprint density at radius 2 is 2.00 bits per heavy atom. The van der Waals surface area contributed by atoms with Gasteiger partial charge in [0.15, 0.2) is 0 Å². The van der Waals surface area contributed by atoms with Crippen LogP contribution in [0.25, 0.3) is 0 Å². The second kappa shape index (κ2) is 3.86. The minimum Gasteiger partial charge on any atom is -0.489 e. The van der Waals surface area contributed by atoms with Gasteiger partial charge >= 0.3 is 6.18 Å². The Morgan fingerprint density at radius 1 is 1.36 bits per heavy atom. The lowest BCUT2D eigenvalue weighted by molar-refractivity contribution is -0.139. The molecule has 1 rings (SSSR count). The van der Waals surface area contributed by atoms with Crippen LogP contribution in [0.5, 0.6) is 5.75 Å².